The number of ether oxygens (including phenoxy) is 1. The second kappa shape index (κ2) is 5.24. The molecule has 1 aromatic rings. The fourth-order valence-electron chi connectivity index (χ4n) is 2.51. The maximum atomic E-state index is 13.1. The summed E-state index contributed by atoms with van der Waals surface area (Å²) in [7, 11) is 0. The quantitative estimate of drug-likeness (QED) is 0.849. The molecule has 1 unspecified atom stereocenters. The van der Waals surface area contributed by atoms with Gasteiger partial charge in [-0.25, -0.2) is 4.39 Å². The molecular weight excluding hydrogens is 276 g/mol. The summed E-state index contributed by atoms with van der Waals surface area (Å²) in [6.45, 7) is 1.67. The molecule has 0 aliphatic carbocycles. The van der Waals surface area contributed by atoms with Crippen LogP contribution in [0.15, 0.2) is 18.2 Å². The van der Waals surface area contributed by atoms with Crippen molar-refractivity contribution in [2.45, 2.75) is 50.5 Å². The van der Waals surface area contributed by atoms with Gasteiger partial charge in [0.05, 0.1) is 6.10 Å². The summed E-state index contributed by atoms with van der Waals surface area (Å²) in [6, 6.07) is 3.79. The minimum absolute atomic E-state index is 0.0662. The summed E-state index contributed by atoms with van der Waals surface area (Å²) in [4.78, 5) is 0. The number of aliphatic hydroxyl groups excluding tert-OH is 1. The lowest BCUT2D eigenvalue weighted by molar-refractivity contribution is -0.138. The zero-order chi connectivity index (χ0) is 15.0. The van der Waals surface area contributed by atoms with Gasteiger partial charge in [-0.2, -0.15) is 13.2 Å². The predicted octanol–water partition coefficient (Wildman–Crippen LogP) is 4.13. The third-order valence-electron chi connectivity index (χ3n) is 3.48. The summed E-state index contributed by atoms with van der Waals surface area (Å²) in [5.41, 5.74) is -0.520. The van der Waals surface area contributed by atoms with Crippen LogP contribution < -0.4 is 4.74 Å². The van der Waals surface area contributed by atoms with E-state index < -0.39 is 30.1 Å². The van der Waals surface area contributed by atoms with E-state index in [2.05, 4.69) is 0 Å². The third kappa shape index (κ3) is 3.62. The molecule has 0 spiro atoms. The average Bonchev–Trinajstić information content (AvgIpc) is 2.28. The maximum Gasteiger partial charge on any atom is 0.389 e. The molecule has 1 aliphatic rings. The first kappa shape index (κ1) is 15.1. The number of hydrogen-bond acceptors (Lipinski definition) is 2. The standard InChI is InChI=1S/C14H16F4O2/c1-13(5-2-6-14(16,17)18)8-11(19)10-7-9(15)3-4-12(10)20-13/h3-4,7,11,19H,2,5-6,8H2,1H3/t11-,13?/m1/s1. The Labute approximate surface area is 114 Å². The van der Waals surface area contributed by atoms with Crippen molar-refractivity contribution in [3.8, 4) is 5.75 Å². The Kier molecular flexibility index (Phi) is 3.95. The highest BCUT2D eigenvalue weighted by Gasteiger charge is 2.37. The summed E-state index contributed by atoms with van der Waals surface area (Å²) in [5, 5.41) is 10.0. The molecule has 0 saturated carbocycles. The van der Waals surface area contributed by atoms with E-state index in [1.165, 1.54) is 18.2 Å². The Morgan fingerprint density at radius 1 is 1.40 bits per heavy atom. The smallest absolute Gasteiger partial charge is 0.389 e. The SMILES string of the molecule is CC1(CCCC(F)(F)F)C[C@@H](O)c2cc(F)ccc2O1. The molecule has 112 valence electrons. The summed E-state index contributed by atoms with van der Waals surface area (Å²) in [6.07, 6.45) is -5.72. The third-order valence-corrected chi connectivity index (χ3v) is 3.48. The zero-order valence-corrected chi connectivity index (χ0v) is 11.0. The lowest BCUT2D eigenvalue weighted by Gasteiger charge is -2.38. The molecule has 0 radical (unpaired) electrons. The molecule has 1 N–H and O–H groups in total. The van der Waals surface area contributed by atoms with Crippen molar-refractivity contribution in [1.29, 1.82) is 0 Å². The summed E-state index contributed by atoms with van der Waals surface area (Å²) >= 11 is 0. The fraction of sp³-hybridized carbons (Fsp3) is 0.571. The Bertz CT molecular complexity index is 487. The lowest BCUT2D eigenvalue weighted by Crippen LogP contribution is -2.38. The molecular formula is C14H16F4O2. The Balaban J connectivity index is 2.06. The van der Waals surface area contributed by atoms with Gasteiger partial charge in [-0.05, 0) is 38.0 Å². The molecule has 6 heteroatoms. The number of benzene rings is 1. The Hall–Kier alpha value is -1.30. The van der Waals surface area contributed by atoms with Crippen LogP contribution in [0.2, 0.25) is 0 Å². The van der Waals surface area contributed by atoms with Gasteiger partial charge in [0.25, 0.3) is 0 Å². The van der Waals surface area contributed by atoms with Crippen LogP contribution in [-0.4, -0.2) is 16.9 Å². The first-order chi connectivity index (χ1) is 9.19. The van der Waals surface area contributed by atoms with E-state index in [1.807, 2.05) is 0 Å². The van der Waals surface area contributed by atoms with E-state index in [4.69, 9.17) is 4.74 Å². The molecule has 2 nitrogen and oxygen atoms in total. The van der Waals surface area contributed by atoms with Crippen LogP contribution in [0.4, 0.5) is 17.6 Å². The topological polar surface area (TPSA) is 29.5 Å². The maximum absolute atomic E-state index is 13.1. The van der Waals surface area contributed by atoms with Gasteiger partial charge in [0.1, 0.15) is 17.2 Å². The molecule has 1 aliphatic heterocycles. The van der Waals surface area contributed by atoms with Gasteiger partial charge in [0.15, 0.2) is 0 Å². The van der Waals surface area contributed by atoms with Gasteiger partial charge in [0, 0.05) is 18.4 Å². The van der Waals surface area contributed by atoms with Crippen molar-refractivity contribution >= 4 is 0 Å². The summed E-state index contributed by atoms with van der Waals surface area (Å²) < 4.78 is 55.3. The normalized spacial score (nSPS) is 26.0. The van der Waals surface area contributed by atoms with Gasteiger partial charge < -0.3 is 9.84 Å². The predicted molar refractivity (Wildman–Crippen MR) is 64.9 cm³/mol. The molecule has 0 aromatic heterocycles. The molecule has 1 aromatic carbocycles. The molecule has 0 fully saturated rings. The zero-order valence-electron chi connectivity index (χ0n) is 11.0. The monoisotopic (exact) mass is 292 g/mol. The van der Waals surface area contributed by atoms with Crippen LogP contribution in [-0.2, 0) is 0 Å². The first-order valence-electron chi connectivity index (χ1n) is 6.42. The number of aliphatic hydroxyl groups is 1. The molecule has 1 heterocycles. The average molecular weight is 292 g/mol. The molecule has 2 rings (SSSR count). The molecule has 0 amide bonds. The van der Waals surface area contributed by atoms with E-state index in [9.17, 15) is 22.7 Å². The highest BCUT2D eigenvalue weighted by molar-refractivity contribution is 5.38. The van der Waals surface area contributed by atoms with E-state index in [-0.39, 0.29) is 19.3 Å². The van der Waals surface area contributed by atoms with Crippen molar-refractivity contribution in [2.24, 2.45) is 0 Å². The van der Waals surface area contributed by atoms with Crippen molar-refractivity contribution in [2.75, 3.05) is 0 Å². The second-order valence-corrected chi connectivity index (χ2v) is 5.42. The molecule has 0 bridgehead atoms. The number of hydrogen-bond donors (Lipinski definition) is 1. The van der Waals surface area contributed by atoms with Gasteiger partial charge in [-0.1, -0.05) is 0 Å². The van der Waals surface area contributed by atoms with E-state index in [0.29, 0.717) is 11.3 Å². The van der Waals surface area contributed by atoms with Crippen molar-refractivity contribution < 1.29 is 27.4 Å². The van der Waals surface area contributed by atoms with Crippen LogP contribution in [0.25, 0.3) is 0 Å². The van der Waals surface area contributed by atoms with E-state index in [0.717, 1.165) is 0 Å². The summed E-state index contributed by atoms with van der Waals surface area (Å²) in [5.74, 6) is -0.147. The van der Waals surface area contributed by atoms with Crippen LogP contribution in [0.5, 0.6) is 5.75 Å². The second-order valence-electron chi connectivity index (χ2n) is 5.42. The van der Waals surface area contributed by atoms with E-state index >= 15 is 0 Å². The molecule has 20 heavy (non-hydrogen) atoms. The number of fused-ring (bicyclic) bond motifs is 1. The highest BCUT2D eigenvalue weighted by Crippen LogP contribution is 2.42. The first-order valence-corrected chi connectivity index (χ1v) is 6.42. The van der Waals surface area contributed by atoms with Gasteiger partial charge >= 0.3 is 6.18 Å². The Morgan fingerprint density at radius 2 is 2.10 bits per heavy atom. The molecule has 2 atom stereocenters. The van der Waals surface area contributed by atoms with Crippen molar-refractivity contribution in [1.82, 2.24) is 0 Å². The Morgan fingerprint density at radius 3 is 2.75 bits per heavy atom. The largest absolute Gasteiger partial charge is 0.487 e. The fourth-order valence-corrected chi connectivity index (χ4v) is 2.51. The number of halogens is 4. The minimum Gasteiger partial charge on any atom is -0.487 e. The van der Waals surface area contributed by atoms with Crippen molar-refractivity contribution in [3.63, 3.8) is 0 Å². The van der Waals surface area contributed by atoms with Crippen LogP contribution in [0, 0.1) is 5.82 Å². The van der Waals surface area contributed by atoms with E-state index in [1.54, 1.807) is 6.92 Å². The van der Waals surface area contributed by atoms with Crippen molar-refractivity contribution in [3.05, 3.63) is 29.6 Å². The van der Waals surface area contributed by atoms with Crippen LogP contribution >= 0.6 is 0 Å². The van der Waals surface area contributed by atoms with Crippen LogP contribution in [0.3, 0.4) is 0 Å². The minimum atomic E-state index is -4.19. The number of rotatable bonds is 3. The lowest BCUT2D eigenvalue weighted by atomic mass is 9.86. The highest BCUT2D eigenvalue weighted by atomic mass is 19.4. The van der Waals surface area contributed by atoms with Gasteiger partial charge in [0.2, 0.25) is 0 Å². The van der Waals surface area contributed by atoms with Gasteiger partial charge in [-0.15, -0.1) is 0 Å². The van der Waals surface area contributed by atoms with Crippen LogP contribution in [0.1, 0.15) is 44.3 Å². The molecule has 0 saturated heterocycles. The van der Waals surface area contributed by atoms with Gasteiger partial charge in [-0.3, -0.25) is 0 Å². The number of alkyl halides is 3.